The number of carbonyl (C=O) groups is 3. The van der Waals surface area contributed by atoms with Gasteiger partial charge in [-0.05, 0) is 45.4 Å². The van der Waals surface area contributed by atoms with Gasteiger partial charge < -0.3 is 14.7 Å². The Labute approximate surface area is 161 Å². The van der Waals surface area contributed by atoms with Crippen molar-refractivity contribution in [2.45, 2.75) is 89.8 Å². The molecule has 5 atom stereocenters. The molecule has 26 heavy (non-hydrogen) atoms. The summed E-state index contributed by atoms with van der Waals surface area (Å²) in [6.07, 6.45) is 4.01. The van der Waals surface area contributed by atoms with Crippen molar-refractivity contribution in [2.24, 2.45) is 5.92 Å². The summed E-state index contributed by atoms with van der Waals surface area (Å²) in [6.45, 7) is 0.335. The summed E-state index contributed by atoms with van der Waals surface area (Å²) in [5.74, 6) is -3.09. The number of nitrogens with one attached hydrogen (secondary N) is 1. The molecule has 1 aliphatic heterocycles. The van der Waals surface area contributed by atoms with Crippen molar-refractivity contribution >= 4 is 17.8 Å². The summed E-state index contributed by atoms with van der Waals surface area (Å²) in [5.41, 5.74) is 0. The second kappa shape index (κ2) is 9.35. The third-order valence-electron chi connectivity index (χ3n) is 5.29. The number of nitrogens with zero attached hydrogens (tertiary/aromatic N) is 1. The van der Waals surface area contributed by atoms with Gasteiger partial charge in [0.1, 0.15) is 12.1 Å². The summed E-state index contributed by atoms with van der Waals surface area (Å²) in [5, 5.41) is 12.1. The zero-order valence-corrected chi connectivity index (χ0v) is 15.5. The highest BCUT2D eigenvalue weighted by atomic mass is 16.5. The van der Waals surface area contributed by atoms with Gasteiger partial charge in [0, 0.05) is 10.2 Å². The van der Waals surface area contributed by atoms with Gasteiger partial charge in [0.05, 0.1) is 14.0 Å². The van der Waals surface area contributed by atoms with Crippen molar-refractivity contribution in [2.75, 3.05) is 6.61 Å². The lowest BCUT2D eigenvalue weighted by Crippen LogP contribution is -2.55. The number of hydrogen-bond donors (Lipinski definition) is 2. The summed E-state index contributed by atoms with van der Waals surface area (Å²) in [4.78, 5) is 38.8. The number of ether oxygens (including phenoxy) is 1. The molecule has 1 amide bonds. The highest BCUT2D eigenvalue weighted by molar-refractivity contribution is 5.88. The Morgan fingerprint density at radius 3 is 2.69 bits per heavy atom. The van der Waals surface area contributed by atoms with E-state index in [4.69, 9.17) is 10.2 Å². The Morgan fingerprint density at radius 1 is 1.35 bits per heavy atom. The number of carbonyl (C=O) groups excluding carboxylic acids is 2. The fourth-order valence-electron chi connectivity index (χ4n) is 4.12. The molecule has 1 saturated carbocycles. The number of rotatable bonds is 8. The van der Waals surface area contributed by atoms with Crippen molar-refractivity contribution in [1.82, 2.24) is 10.2 Å². The number of likely N-dealkylation sites (tertiary alicyclic amines) is 1. The molecule has 1 heterocycles. The molecule has 0 aromatic carbocycles. The second-order valence-corrected chi connectivity index (χ2v) is 7.03. The normalized spacial score (nSPS) is 31.5. The van der Waals surface area contributed by atoms with Crippen molar-refractivity contribution in [3.05, 3.63) is 0 Å². The predicted octanol–water partition coefficient (Wildman–Crippen LogP) is 1.94. The molecule has 148 valence electrons. The Hall–Kier alpha value is -1.63. The standard InChI is InChI=1S/C19H32N2O5/c1-4-8-14(19(25)26-5-2)20-12(3)17(22)21-15-10-7-6-9-13(15)11-16(21)18(23)24/h12-16,20H,4-11H2,1-3H3,(H,23,24)/t12-,13-,14+,15-,16-/m0/s1/i3D3,12D. The molecule has 7 nitrogen and oxygen atoms in total. The van der Waals surface area contributed by atoms with E-state index >= 15 is 0 Å². The van der Waals surface area contributed by atoms with Crippen LogP contribution < -0.4 is 5.32 Å². The van der Waals surface area contributed by atoms with Crippen LogP contribution in [-0.2, 0) is 19.1 Å². The van der Waals surface area contributed by atoms with Gasteiger partial charge >= 0.3 is 11.9 Å². The average Bonchev–Trinajstić information content (AvgIpc) is 3.06. The molecule has 2 rings (SSSR count). The summed E-state index contributed by atoms with van der Waals surface area (Å²) >= 11 is 0. The fraction of sp³-hybridized carbons (Fsp3) is 0.842. The van der Waals surface area contributed by atoms with Crippen LogP contribution in [0.4, 0.5) is 0 Å². The third kappa shape index (κ3) is 4.55. The van der Waals surface area contributed by atoms with Crippen LogP contribution in [0.2, 0.25) is 0 Å². The van der Waals surface area contributed by atoms with E-state index in [0.717, 1.165) is 24.2 Å². The minimum atomic E-state index is -3.13. The number of fused-ring (bicyclic) bond motifs is 1. The van der Waals surface area contributed by atoms with Crippen molar-refractivity contribution in [1.29, 1.82) is 0 Å². The lowest BCUT2D eigenvalue weighted by atomic mass is 9.84. The summed E-state index contributed by atoms with van der Waals surface area (Å²) < 4.78 is 37.3. The molecule has 2 aliphatic rings. The van der Waals surface area contributed by atoms with E-state index in [0.29, 0.717) is 12.8 Å². The lowest BCUT2D eigenvalue weighted by Gasteiger charge is -2.35. The first-order valence-corrected chi connectivity index (χ1v) is 9.47. The molecule has 2 fully saturated rings. The van der Waals surface area contributed by atoms with Crippen molar-refractivity contribution < 1.29 is 29.7 Å². The molecule has 0 radical (unpaired) electrons. The first-order valence-electron chi connectivity index (χ1n) is 11.5. The van der Waals surface area contributed by atoms with Crippen LogP contribution in [0.1, 0.15) is 71.1 Å². The number of hydrogen-bond acceptors (Lipinski definition) is 5. The van der Waals surface area contributed by atoms with Crippen molar-refractivity contribution in [3.8, 4) is 0 Å². The van der Waals surface area contributed by atoms with Gasteiger partial charge in [-0.25, -0.2) is 4.79 Å². The molecule has 0 aromatic rings. The Morgan fingerprint density at radius 2 is 2.08 bits per heavy atom. The van der Waals surface area contributed by atoms with Gasteiger partial charge in [0.2, 0.25) is 5.91 Å². The van der Waals surface area contributed by atoms with Gasteiger partial charge in [-0.2, -0.15) is 0 Å². The summed E-state index contributed by atoms with van der Waals surface area (Å²) in [6, 6.07) is -5.61. The number of aliphatic carboxylic acids is 1. The zero-order valence-electron chi connectivity index (χ0n) is 19.5. The highest BCUT2D eigenvalue weighted by Crippen LogP contribution is 2.40. The average molecular weight is 372 g/mol. The molecule has 0 aromatic heterocycles. The molecule has 1 aliphatic carbocycles. The molecular formula is C19H32N2O5. The van der Waals surface area contributed by atoms with E-state index in [2.05, 4.69) is 5.32 Å². The third-order valence-corrected chi connectivity index (χ3v) is 5.29. The van der Waals surface area contributed by atoms with E-state index in [-0.39, 0.29) is 25.4 Å². The van der Waals surface area contributed by atoms with Gasteiger partial charge in [0.25, 0.3) is 0 Å². The van der Waals surface area contributed by atoms with Gasteiger partial charge in [-0.1, -0.05) is 26.2 Å². The number of esters is 1. The van der Waals surface area contributed by atoms with Gasteiger partial charge in [-0.15, -0.1) is 0 Å². The maximum atomic E-state index is 13.5. The maximum Gasteiger partial charge on any atom is 0.326 e. The largest absolute Gasteiger partial charge is 0.480 e. The molecular weight excluding hydrogens is 336 g/mol. The predicted molar refractivity (Wildman–Crippen MR) is 96.6 cm³/mol. The maximum absolute atomic E-state index is 13.5. The topological polar surface area (TPSA) is 95.9 Å². The fourth-order valence-corrected chi connectivity index (χ4v) is 4.12. The van der Waals surface area contributed by atoms with E-state index in [1.54, 1.807) is 13.8 Å². The first-order chi connectivity index (χ1) is 14.0. The first kappa shape index (κ1) is 15.4. The van der Waals surface area contributed by atoms with Crippen molar-refractivity contribution in [3.63, 3.8) is 0 Å². The minimum absolute atomic E-state index is 0.0267. The van der Waals surface area contributed by atoms with Gasteiger partial charge in [-0.3, -0.25) is 14.9 Å². The highest BCUT2D eigenvalue weighted by Gasteiger charge is 2.48. The SMILES string of the molecule is [2H]C([2H])([2H])[C@]([2H])(N[C@H](CCC)C(=O)OCC)C(=O)N1[C@H](C(=O)O)C[C@@H]2CCCC[C@@H]21. The molecule has 1 saturated heterocycles. The number of carboxylic acids is 1. The van der Waals surface area contributed by atoms with Crippen LogP contribution in [0.3, 0.4) is 0 Å². The Kier molecular flexibility index (Phi) is 5.55. The monoisotopic (exact) mass is 372 g/mol. The molecule has 0 unspecified atom stereocenters. The van der Waals surface area contributed by atoms with Crippen LogP contribution in [0.5, 0.6) is 0 Å². The van der Waals surface area contributed by atoms with E-state index in [1.165, 1.54) is 0 Å². The zero-order chi connectivity index (χ0) is 22.7. The van der Waals surface area contributed by atoms with Crippen LogP contribution in [0.25, 0.3) is 0 Å². The van der Waals surface area contributed by atoms with Crippen LogP contribution >= 0.6 is 0 Å². The lowest BCUT2D eigenvalue weighted by molar-refractivity contribution is -0.152. The molecule has 0 bridgehead atoms. The van der Waals surface area contributed by atoms with Crippen LogP contribution in [0, 0.1) is 5.92 Å². The van der Waals surface area contributed by atoms with Crippen LogP contribution in [0.15, 0.2) is 0 Å². The quantitative estimate of drug-likeness (QED) is 0.632. The smallest absolute Gasteiger partial charge is 0.326 e. The molecule has 0 spiro atoms. The van der Waals surface area contributed by atoms with Gasteiger partial charge in [0.15, 0.2) is 0 Å². The molecule has 2 N–H and O–H groups in total. The van der Waals surface area contributed by atoms with E-state index in [1.807, 2.05) is 0 Å². The molecule has 7 heteroatoms. The minimum Gasteiger partial charge on any atom is -0.480 e. The Balaban J connectivity index is 2.42. The van der Waals surface area contributed by atoms with E-state index in [9.17, 15) is 19.5 Å². The summed E-state index contributed by atoms with van der Waals surface area (Å²) in [7, 11) is 0. The number of carboxylic acid groups (broad SMARTS) is 1. The van der Waals surface area contributed by atoms with Crippen LogP contribution in [-0.4, -0.2) is 58.6 Å². The van der Waals surface area contributed by atoms with E-state index < -0.39 is 48.8 Å². The second-order valence-electron chi connectivity index (χ2n) is 7.03. The Bertz CT molecular complexity index is 659. The number of amides is 1.